The van der Waals surface area contributed by atoms with E-state index in [1.165, 1.54) is 11.3 Å². The molecular formula is C21H23N5S. The zero-order chi connectivity index (χ0) is 19.0. The van der Waals surface area contributed by atoms with Crippen molar-refractivity contribution >= 4 is 17.3 Å². The minimum absolute atomic E-state index is 0.0244. The lowest BCUT2D eigenvalue weighted by atomic mass is 9.97. The second-order valence-corrected chi connectivity index (χ2v) is 7.15. The summed E-state index contributed by atoms with van der Waals surface area (Å²) in [7, 11) is 0. The first-order chi connectivity index (χ1) is 13.1. The first kappa shape index (κ1) is 17.7. The average Bonchev–Trinajstić information content (AvgIpc) is 3.18. The molecule has 0 aliphatic carbocycles. The van der Waals surface area contributed by atoms with Gasteiger partial charge in [0, 0.05) is 30.3 Å². The van der Waals surface area contributed by atoms with Gasteiger partial charge in [-0.25, -0.2) is 4.98 Å². The van der Waals surface area contributed by atoms with Gasteiger partial charge in [-0.3, -0.25) is 4.98 Å². The molecule has 27 heavy (non-hydrogen) atoms. The molecule has 2 atom stereocenters. The van der Waals surface area contributed by atoms with Gasteiger partial charge in [-0.2, -0.15) is 0 Å². The summed E-state index contributed by atoms with van der Waals surface area (Å²) >= 11 is 5.64. The molecule has 1 aliphatic rings. The first-order valence-electron chi connectivity index (χ1n) is 9.20. The monoisotopic (exact) mass is 377 g/mol. The van der Waals surface area contributed by atoms with Crippen molar-refractivity contribution in [3.8, 4) is 5.82 Å². The van der Waals surface area contributed by atoms with Crippen LogP contribution in [0.25, 0.3) is 5.82 Å². The van der Waals surface area contributed by atoms with Crippen LogP contribution >= 0.6 is 12.2 Å². The quantitative estimate of drug-likeness (QED) is 0.699. The van der Waals surface area contributed by atoms with Gasteiger partial charge in [-0.1, -0.05) is 12.1 Å². The topological polar surface area (TPSA) is 46.0 Å². The molecule has 0 radical (unpaired) electrons. The molecule has 5 nitrogen and oxygen atoms in total. The van der Waals surface area contributed by atoms with Crippen LogP contribution in [0.1, 0.15) is 41.7 Å². The van der Waals surface area contributed by atoms with Crippen molar-refractivity contribution in [3.63, 3.8) is 0 Å². The molecule has 3 aromatic rings. The fourth-order valence-corrected chi connectivity index (χ4v) is 4.38. The van der Waals surface area contributed by atoms with E-state index in [4.69, 9.17) is 12.2 Å². The van der Waals surface area contributed by atoms with Crippen LogP contribution < -0.4 is 5.32 Å². The number of hydrogen-bond donors (Lipinski definition) is 1. The van der Waals surface area contributed by atoms with Crippen molar-refractivity contribution in [1.29, 1.82) is 0 Å². The largest absolute Gasteiger partial charge is 0.352 e. The highest BCUT2D eigenvalue weighted by atomic mass is 32.1. The number of rotatable bonds is 4. The van der Waals surface area contributed by atoms with Crippen molar-refractivity contribution in [3.05, 3.63) is 77.5 Å². The summed E-state index contributed by atoms with van der Waals surface area (Å²) in [5.41, 5.74) is 4.60. The average molecular weight is 378 g/mol. The number of aryl methyl sites for hydroxylation is 1. The summed E-state index contributed by atoms with van der Waals surface area (Å²) in [6.07, 6.45) is 3.66. The van der Waals surface area contributed by atoms with E-state index in [-0.39, 0.29) is 12.1 Å². The van der Waals surface area contributed by atoms with E-state index in [2.05, 4.69) is 57.7 Å². The van der Waals surface area contributed by atoms with Crippen LogP contribution in [0.15, 0.2) is 54.9 Å². The van der Waals surface area contributed by atoms with Gasteiger partial charge < -0.3 is 14.8 Å². The van der Waals surface area contributed by atoms with Crippen molar-refractivity contribution in [2.75, 3.05) is 6.54 Å². The Morgan fingerprint density at radius 2 is 1.81 bits per heavy atom. The zero-order valence-corrected chi connectivity index (χ0v) is 16.6. The van der Waals surface area contributed by atoms with E-state index in [0.717, 1.165) is 28.9 Å². The van der Waals surface area contributed by atoms with Gasteiger partial charge >= 0.3 is 0 Å². The van der Waals surface area contributed by atoms with E-state index in [1.54, 1.807) is 0 Å². The molecule has 0 saturated carbocycles. The number of pyridine rings is 2. The number of likely N-dealkylation sites (N-methyl/N-ethyl adjacent to an activating group) is 1. The number of nitrogens with zero attached hydrogens (tertiary/aromatic N) is 4. The molecule has 0 bridgehead atoms. The van der Waals surface area contributed by atoms with Crippen molar-refractivity contribution in [2.24, 2.45) is 0 Å². The SMILES string of the molecule is CCN1C(=S)N[C@@H](c2ccccn2)[C@@H]1c1cc(C)n(-c2ccccn2)c1C. The van der Waals surface area contributed by atoms with Crippen LogP contribution in [0.4, 0.5) is 0 Å². The molecule has 6 heteroatoms. The lowest BCUT2D eigenvalue weighted by Crippen LogP contribution is -2.29. The lowest BCUT2D eigenvalue weighted by molar-refractivity contribution is 0.329. The maximum atomic E-state index is 5.64. The third-order valence-corrected chi connectivity index (χ3v) is 5.56. The smallest absolute Gasteiger partial charge is 0.170 e. The van der Waals surface area contributed by atoms with Crippen molar-refractivity contribution in [2.45, 2.75) is 32.9 Å². The highest BCUT2D eigenvalue weighted by Gasteiger charge is 2.40. The summed E-state index contributed by atoms with van der Waals surface area (Å²) in [4.78, 5) is 11.4. The second kappa shape index (κ2) is 7.12. The minimum atomic E-state index is 0.0244. The summed E-state index contributed by atoms with van der Waals surface area (Å²) in [5.74, 6) is 0.935. The van der Waals surface area contributed by atoms with E-state index < -0.39 is 0 Å². The molecule has 3 aromatic heterocycles. The molecule has 4 heterocycles. The third-order valence-electron chi connectivity index (χ3n) is 5.21. The van der Waals surface area contributed by atoms with Crippen LogP contribution in [-0.2, 0) is 0 Å². The van der Waals surface area contributed by atoms with Gasteiger partial charge in [0.25, 0.3) is 0 Å². The lowest BCUT2D eigenvalue weighted by Gasteiger charge is -2.27. The Balaban J connectivity index is 1.84. The molecule has 1 fully saturated rings. The molecule has 0 unspecified atom stereocenters. The summed E-state index contributed by atoms with van der Waals surface area (Å²) in [6, 6.07) is 14.4. The van der Waals surface area contributed by atoms with Gasteiger partial charge in [0.05, 0.1) is 17.8 Å². The summed E-state index contributed by atoms with van der Waals surface area (Å²) < 4.78 is 2.21. The highest BCUT2D eigenvalue weighted by molar-refractivity contribution is 7.80. The molecular weight excluding hydrogens is 354 g/mol. The normalized spacial score (nSPS) is 19.4. The molecule has 1 aliphatic heterocycles. The minimum Gasteiger partial charge on any atom is -0.352 e. The Morgan fingerprint density at radius 1 is 1.07 bits per heavy atom. The Kier molecular flexibility index (Phi) is 4.66. The van der Waals surface area contributed by atoms with Gasteiger partial charge in [0.2, 0.25) is 0 Å². The van der Waals surface area contributed by atoms with E-state index >= 15 is 0 Å². The Hall–Kier alpha value is -2.73. The van der Waals surface area contributed by atoms with Crippen molar-refractivity contribution < 1.29 is 0 Å². The molecule has 0 spiro atoms. The molecule has 0 aromatic carbocycles. The second-order valence-electron chi connectivity index (χ2n) is 6.76. The number of aromatic nitrogens is 3. The predicted octanol–water partition coefficient (Wildman–Crippen LogP) is 3.88. The van der Waals surface area contributed by atoms with Gasteiger partial charge in [0.1, 0.15) is 5.82 Å². The van der Waals surface area contributed by atoms with E-state index in [0.29, 0.717) is 0 Å². The summed E-state index contributed by atoms with van der Waals surface area (Å²) in [6.45, 7) is 7.26. The maximum absolute atomic E-state index is 5.64. The fourth-order valence-electron chi connectivity index (χ4n) is 4.01. The van der Waals surface area contributed by atoms with Crippen LogP contribution in [-0.4, -0.2) is 31.1 Å². The van der Waals surface area contributed by atoms with Gasteiger partial charge in [-0.05, 0) is 68.9 Å². The fraction of sp³-hybridized carbons (Fsp3) is 0.286. The molecule has 0 amide bonds. The number of nitrogens with one attached hydrogen (secondary N) is 1. The Morgan fingerprint density at radius 3 is 2.44 bits per heavy atom. The van der Waals surface area contributed by atoms with Crippen LogP contribution in [0.2, 0.25) is 0 Å². The number of hydrogen-bond acceptors (Lipinski definition) is 3. The predicted molar refractivity (Wildman–Crippen MR) is 111 cm³/mol. The van der Waals surface area contributed by atoms with Crippen molar-refractivity contribution in [1.82, 2.24) is 24.8 Å². The third kappa shape index (κ3) is 3.00. The maximum Gasteiger partial charge on any atom is 0.170 e. The van der Waals surface area contributed by atoms with Crippen LogP contribution in [0, 0.1) is 13.8 Å². The molecule has 1 N–H and O–H groups in total. The van der Waals surface area contributed by atoms with Crippen LogP contribution in [0.5, 0.6) is 0 Å². The van der Waals surface area contributed by atoms with Crippen LogP contribution in [0.3, 0.4) is 0 Å². The Bertz CT molecular complexity index is 951. The number of thiocarbonyl (C=S) groups is 1. The Labute approximate surface area is 165 Å². The summed E-state index contributed by atoms with van der Waals surface area (Å²) in [5, 5.41) is 4.26. The highest BCUT2D eigenvalue weighted by Crippen LogP contribution is 2.40. The zero-order valence-electron chi connectivity index (χ0n) is 15.8. The van der Waals surface area contributed by atoms with E-state index in [9.17, 15) is 0 Å². The molecule has 138 valence electrons. The van der Waals surface area contributed by atoms with E-state index in [1.807, 2.05) is 42.7 Å². The van der Waals surface area contributed by atoms with Gasteiger partial charge in [0.15, 0.2) is 5.11 Å². The molecule has 1 saturated heterocycles. The first-order valence-corrected chi connectivity index (χ1v) is 9.61. The standard InChI is InChI=1S/C21H23N5S/c1-4-25-20(19(24-21(25)27)17-9-5-7-11-22-17)16-13-14(2)26(15(16)3)18-10-6-8-12-23-18/h5-13,19-20H,4H2,1-3H3,(H,24,27)/t19-,20-/m0/s1. The van der Waals surface area contributed by atoms with Gasteiger partial charge in [-0.15, -0.1) is 0 Å². The molecule has 4 rings (SSSR count).